The van der Waals surface area contributed by atoms with Gasteiger partial charge in [-0.2, -0.15) is 0 Å². The van der Waals surface area contributed by atoms with E-state index in [-0.39, 0.29) is 132 Å². The smallest absolute Gasteiger partial charge is 0.196 e. The Labute approximate surface area is 797 Å². The van der Waals surface area contributed by atoms with E-state index in [0.29, 0.717) is 125 Å². The summed E-state index contributed by atoms with van der Waals surface area (Å²) in [5, 5.41) is 155. The summed E-state index contributed by atoms with van der Waals surface area (Å²) in [6, 6.07) is 20.5. The summed E-state index contributed by atoms with van der Waals surface area (Å²) in [6.45, 7) is 3.85. The van der Waals surface area contributed by atoms with Crippen molar-refractivity contribution in [3.8, 4) is 69.0 Å². The van der Waals surface area contributed by atoms with Crippen LogP contribution in [0.2, 0.25) is 0 Å². The molecule has 6 aromatic rings. The third-order valence-electron chi connectivity index (χ3n) is 38.0. The summed E-state index contributed by atoms with van der Waals surface area (Å²) < 4.78 is 69.4. The zero-order valence-corrected chi connectivity index (χ0v) is 77.7. The Bertz CT molecular complexity index is 6410. The quantitative estimate of drug-likeness (QED) is 0.0463. The van der Waals surface area contributed by atoms with E-state index >= 15 is 0 Å². The van der Waals surface area contributed by atoms with E-state index in [4.69, 9.17) is 45.9 Å². The van der Waals surface area contributed by atoms with Crippen molar-refractivity contribution in [2.45, 2.75) is 260 Å². The normalized spacial score (nSPS) is 41.7. The highest BCUT2D eigenvalue weighted by atomic mass is 32.3. The summed E-state index contributed by atoms with van der Waals surface area (Å²) in [4.78, 5) is 82.5. The number of phenolic OH excluding ortho intramolecular Hbond substituents is 6. The van der Waals surface area contributed by atoms with E-state index in [2.05, 4.69) is 25.8 Å². The molecule has 734 valence electrons. The number of aliphatic hydroxyl groups excluding tert-OH is 2. The number of aliphatic hydroxyl groups is 8. The Balaban J connectivity index is 0.0000000922. The SMILES string of the molecule is CN1CC[C@]23c4c5ccc(O)c4OC2C(=O)C=C[C@@]3(O)[C@H]1C5.CN1CC[C@]23c4c5ccc(O)c4OC2C(=O)CC(O)[C@@]3(O)[C@H]1C5.CN1CC[C@]23c4c5ccc(O)c4OC2C(=O)CC[C@@]3(O)[C@H]1C5.C[NH+]1CC[C@]23c4c5ccc(O)c4OC2C(=O)CC(O)[C@@]3(O)[C@H]1C5.O=C1C=C[C@@]2(O)[C@H]3Cc4ccc(O)c5c4[C@@]2(CCN3)C1O5.O=S(=O)([O-])[O-].[CH3+].[NH3+]C1CC[C@]23c4c5ccc(O)c4OC2C(=O)C=C[C@@]3(O)[C@H]1C5. The highest BCUT2D eigenvalue weighted by molar-refractivity contribution is 7.79. The summed E-state index contributed by atoms with van der Waals surface area (Å²) >= 11 is 0. The number of nitrogens with one attached hydrogen (secondary N) is 2. The zero-order chi connectivity index (χ0) is 97.0. The van der Waals surface area contributed by atoms with Gasteiger partial charge >= 0.3 is 0 Å². The van der Waals surface area contributed by atoms with E-state index in [1.165, 1.54) is 18.2 Å². The number of carbonyl (C=O) groups excluding carboxylic acids is 6. The van der Waals surface area contributed by atoms with Crippen LogP contribution in [0.15, 0.2) is 109 Å². The molecule has 6 aromatic carbocycles. The van der Waals surface area contributed by atoms with Gasteiger partial charge in [-0.1, -0.05) is 36.4 Å². The third-order valence-corrected chi connectivity index (χ3v) is 38.0. The van der Waals surface area contributed by atoms with Gasteiger partial charge in [-0.25, -0.2) is 0 Å². The summed E-state index contributed by atoms with van der Waals surface area (Å²) in [5.41, 5.74) is 3.38. The highest BCUT2D eigenvalue weighted by Crippen LogP contribution is 2.72. The molecule has 0 radical (unpaired) electrons. The lowest BCUT2D eigenvalue weighted by atomic mass is 9.46. The number of carbonyl (C=O) groups is 6. The second-order valence-corrected chi connectivity index (χ2v) is 43.8. The van der Waals surface area contributed by atoms with Crippen molar-refractivity contribution in [3.63, 3.8) is 0 Å². The molecule has 24 aliphatic rings. The fourth-order valence-corrected chi connectivity index (χ4v) is 32.1. The number of phenols is 6. The van der Waals surface area contributed by atoms with Crippen LogP contribution in [0, 0.1) is 13.3 Å². The van der Waals surface area contributed by atoms with Crippen molar-refractivity contribution < 1.29 is 157 Å². The predicted molar refractivity (Wildman–Crippen MR) is 481 cm³/mol. The van der Waals surface area contributed by atoms with Crippen molar-refractivity contribution in [1.29, 1.82) is 0 Å². The van der Waals surface area contributed by atoms with Crippen LogP contribution in [-0.4, -0.2) is 318 Å². The second-order valence-electron chi connectivity index (χ2n) is 43.0. The average molecular weight is 1930 g/mol. The number of aromatic hydroxyl groups is 6. The summed E-state index contributed by atoms with van der Waals surface area (Å²) in [5.74, 6) is 1.69. The molecule has 12 bridgehead atoms. The number of nitrogens with zero attached hydrogens (tertiary/aromatic N) is 3. The van der Waals surface area contributed by atoms with Gasteiger partial charge in [-0.05, 0) is 224 Å². The number of likely N-dealkylation sites (tertiary alicyclic amines) is 4. The standard InChI is InChI=1S/2C17H19NO5.C17H19NO4.2C17H17NO4.C16H15NO4.CH3.H2O4S/c2*1-18-5-4-16-13-8-2-3-9(19)14(13)23-15(16)10(20)7-12(21)17(16,22)11(18)6-8;2*1-18-7-6-16-13-9-2-3-10(19)14(13)22-15(16)11(20)4-5-17(16,21)12(18)8-9;18-10-3-5-16-13-8-1-2-11(19)14(13)22-15(16)12(20)4-6-17(16,21)9(10)7-8;18-9-2-1-8-7-11-16(20)4-3-10(19)14-15(16,5-6-17-11)12(8)13(9)21-14;;1-5(2,3)4/h2*2-3,11-12,15,19,21-22H,4-7H2,1H3;2-3,12,15,19,21H,4-8H2,1H3;2-5,12,15,19,21H,6-8H2,1H3;1-2,4,6,9-10,15,19,21H,3,5,7,18H2;1-4,11,14,17-18,20H,5-7H2;1H3;(H2,1,2,3,4)/q;;;;;;+1;/t2*11-,12?,15?,16+,17+;2*12-,15?,16+,17-;9-,10?,15?,16-,17+;11-,14?,15+,16-;;/m111101../s1. The van der Waals surface area contributed by atoms with Gasteiger partial charge in [0.25, 0.3) is 0 Å². The van der Waals surface area contributed by atoms with Crippen LogP contribution in [0.25, 0.3) is 0 Å². The van der Waals surface area contributed by atoms with Gasteiger partial charge in [0.1, 0.15) is 28.4 Å². The fourth-order valence-electron chi connectivity index (χ4n) is 32.1. The molecule has 6 spiro atoms. The number of hydrogen-bond acceptors (Lipinski definition) is 34. The maximum absolute atomic E-state index is 12.6. The van der Waals surface area contributed by atoms with Crippen LogP contribution < -0.4 is 44.4 Å². The van der Waals surface area contributed by atoms with Crippen LogP contribution in [-0.2, 0) is 110 Å². The molecule has 0 aromatic heterocycles. The van der Waals surface area contributed by atoms with Crippen LogP contribution in [0.4, 0.5) is 0 Å². The van der Waals surface area contributed by atoms with Crippen LogP contribution in [0.1, 0.15) is 137 Å². The third kappa shape index (κ3) is 11.0. The number of benzene rings is 6. The Kier molecular flexibility index (Phi) is 19.7. The van der Waals surface area contributed by atoms with Gasteiger partial charge in [0.05, 0.1) is 69.9 Å². The first-order chi connectivity index (χ1) is 65.4. The largest absolute Gasteiger partial charge is 0.759 e. The van der Waals surface area contributed by atoms with Crippen molar-refractivity contribution >= 4 is 45.1 Å². The summed E-state index contributed by atoms with van der Waals surface area (Å²) in [7, 11) is 2.85. The van der Waals surface area contributed by atoms with Crippen molar-refractivity contribution in [1.82, 2.24) is 20.0 Å². The van der Waals surface area contributed by atoms with E-state index in [0.717, 1.165) is 111 Å². The van der Waals surface area contributed by atoms with E-state index < -0.39 is 125 Å². The van der Waals surface area contributed by atoms with Gasteiger partial charge in [-0.3, -0.25) is 42.1 Å². The van der Waals surface area contributed by atoms with Crippen LogP contribution in [0.5, 0.6) is 69.0 Å². The highest BCUT2D eigenvalue weighted by Gasteiger charge is 2.82. The molecular formula is C102H111N6O30S+. The molecule has 139 heavy (non-hydrogen) atoms. The number of likely N-dealkylation sites (N-methyl/N-ethyl adjacent to an activating group) is 4. The Morgan fingerprint density at radius 3 is 1.25 bits per heavy atom. The summed E-state index contributed by atoms with van der Waals surface area (Å²) in [6.07, 6.45) is 11.7. The fraction of sp³-hybridized carbons (Fsp3) is 0.520. The minimum absolute atomic E-state index is 0. The molecule has 36 nitrogen and oxygen atoms in total. The molecule has 11 aliphatic heterocycles. The number of ether oxygens (including phenoxy) is 6. The molecule has 10 unspecified atom stereocenters. The number of Topliss-reactive ketones (excluding diaryl/α,β-unsaturated/α-hetero) is 3. The molecule has 19 N–H and O–H groups in total. The number of hydrogen-bond donors (Lipinski definition) is 17. The van der Waals surface area contributed by atoms with E-state index in [9.17, 15) is 100 Å². The average Bonchev–Trinajstić information content (AvgIpc) is 1.54. The van der Waals surface area contributed by atoms with Gasteiger partial charge < -0.3 is 135 Å². The molecule has 4 saturated carbocycles. The maximum atomic E-state index is 12.6. The second kappa shape index (κ2) is 29.8. The molecule has 0 amide bonds. The Hall–Kier alpha value is -10.7. The molecule has 5 saturated heterocycles. The Morgan fingerprint density at radius 2 is 0.763 bits per heavy atom. The van der Waals surface area contributed by atoms with Gasteiger partial charge in [0.15, 0.2) is 146 Å². The zero-order valence-electron chi connectivity index (χ0n) is 76.9. The molecule has 11 heterocycles. The minimum Gasteiger partial charge on any atom is -0.759 e. The van der Waals surface area contributed by atoms with Crippen LogP contribution in [0.3, 0.4) is 0 Å². The molecule has 13 aliphatic carbocycles. The predicted octanol–water partition coefficient (Wildman–Crippen LogP) is -1.59. The van der Waals surface area contributed by atoms with Gasteiger partial charge in [-0.15, -0.1) is 0 Å². The molecule has 37 heteroatoms. The van der Waals surface area contributed by atoms with Gasteiger partial charge in [0.2, 0.25) is 0 Å². The number of rotatable bonds is 0. The Morgan fingerprint density at radius 1 is 0.410 bits per heavy atom. The molecular weight excluding hydrogens is 1820 g/mol. The number of piperidine rings is 5. The van der Waals surface area contributed by atoms with E-state index in [1.807, 2.05) is 64.6 Å². The first-order valence-electron chi connectivity index (χ1n) is 47.6. The number of ketones is 6. The lowest BCUT2D eigenvalue weighted by Crippen LogP contribution is -3.19. The van der Waals surface area contributed by atoms with Crippen molar-refractivity contribution in [2.24, 2.45) is 5.92 Å². The molecule has 9 fully saturated rings. The van der Waals surface area contributed by atoms with Crippen molar-refractivity contribution in [3.05, 3.63) is 183 Å². The maximum Gasteiger partial charge on any atom is 0.196 e. The first kappa shape index (κ1) is 92.1. The van der Waals surface area contributed by atoms with E-state index in [1.54, 1.807) is 54.6 Å². The van der Waals surface area contributed by atoms with Gasteiger partial charge in [0, 0.05) is 120 Å². The molecule has 30 rings (SSSR count). The first-order valence-corrected chi connectivity index (χ1v) is 49.0. The number of quaternary nitrogens is 2. The molecule has 28 atom stereocenters. The topological polar surface area (TPSA) is 575 Å². The lowest BCUT2D eigenvalue weighted by Gasteiger charge is -2.63. The monoisotopic (exact) mass is 1930 g/mol. The van der Waals surface area contributed by atoms with Crippen molar-refractivity contribution in [2.75, 3.05) is 60.9 Å². The minimum atomic E-state index is -5.17. The van der Waals surface area contributed by atoms with Crippen LogP contribution >= 0.6 is 0 Å². The lowest BCUT2D eigenvalue weighted by molar-refractivity contribution is -0.924.